The van der Waals surface area contributed by atoms with Crippen LogP contribution in [0.2, 0.25) is 0 Å². The van der Waals surface area contributed by atoms with Crippen LogP contribution in [-0.4, -0.2) is 36.6 Å². The van der Waals surface area contributed by atoms with Crippen molar-refractivity contribution in [2.45, 2.75) is 77.4 Å². The molecule has 2 aliphatic heterocycles. The summed E-state index contributed by atoms with van der Waals surface area (Å²) in [4.78, 5) is 2.43. The first-order valence-corrected chi connectivity index (χ1v) is 7.06. The highest BCUT2D eigenvalue weighted by molar-refractivity contribution is 4.73. The predicted octanol–water partition coefficient (Wildman–Crippen LogP) is 3.03. The number of rotatable bonds is 0. The first kappa shape index (κ1) is 14.0. The summed E-state index contributed by atoms with van der Waals surface area (Å²) < 4.78 is 0. The molecule has 2 heteroatoms. The zero-order valence-electron chi connectivity index (χ0n) is 11.6. The van der Waals surface area contributed by atoms with E-state index < -0.39 is 0 Å². The molecule has 2 fully saturated rings. The van der Waals surface area contributed by atoms with Gasteiger partial charge in [-0.25, -0.2) is 0 Å². The summed E-state index contributed by atoms with van der Waals surface area (Å²) in [5.74, 6) is 0. The van der Waals surface area contributed by atoms with Crippen LogP contribution >= 0.6 is 0 Å². The Labute approximate surface area is 102 Å². The van der Waals surface area contributed by atoms with Crippen molar-refractivity contribution in [3.8, 4) is 0 Å². The Morgan fingerprint density at radius 2 is 1.50 bits per heavy atom. The third-order valence-corrected chi connectivity index (χ3v) is 3.98. The normalized spacial score (nSPS) is 36.4. The standard InChI is InChI=1S/2C7H15N/c1-7-5-3-4-6-8(7)2;1-6-4-3-5-7(2)8-6/h7H,3-6H2,1-2H3;6-8H,3-5H2,1-2H3. The largest absolute Gasteiger partial charge is 0.312 e. The third kappa shape index (κ3) is 5.31. The van der Waals surface area contributed by atoms with Gasteiger partial charge < -0.3 is 10.2 Å². The van der Waals surface area contributed by atoms with Gasteiger partial charge in [-0.3, -0.25) is 0 Å². The van der Waals surface area contributed by atoms with Crippen LogP contribution in [0.3, 0.4) is 0 Å². The van der Waals surface area contributed by atoms with E-state index in [0.29, 0.717) is 0 Å². The lowest BCUT2D eigenvalue weighted by Gasteiger charge is -2.29. The maximum atomic E-state index is 3.48. The molecule has 0 aliphatic carbocycles. The summed E-state index contributed by atoms with van der Waals surface area (Å²) >= 11 is 0. The van der Waals surface area contributed by atoms with E-state index in [4.69, 9.17) is 0 Å². The highest BCUT2D eigenvalue weighted by Crippen LogP contribution is 2.13. The van der Waals surface area contributed by atoms with Crippen LogP contribution in [0.25, 0.3) is 0 Å². The fraction of sp³-hybridized carbons (Fsp3) is 1.00. The third-order valence-electron chi connectivity index (χ3n) is 3.98. The lowest BCUT2D eigenvalue weighted by atomic mass is 10.0. The van der Waals surface area contributed by atoms with Crippen LogP contribution in [0.4, 0.5) is 0 Å². The minimum atomic E-state index is 0.763. The SMILES string of the molecule is CC1CCCC(C)N1.CC1CCCCN1C. The average Bonchev–Trinajstić information content (AvgIpc) is 2.23. The van der Waals surface area contributed by atoms with Crippen molar-refractivity contribution in [2.75, 3.05) is 13.6 Å². The first-order chi connectivity index (χ1) is 7.59. The predicted molar refractivity (Wildman–Crippen MR) is 71.9 cm³/mol. The van der Waals surface area contributed by atoms with Gasteiger partial charge in [0.1, 0.15) is 0 Å². The van der Waals surface area contributed by atoms with E-state index in [1.807, 2.05) is 0 Å². The van der Waals surface area contributed by atoms with Gasteiger partial charge in [-0.05, 0) is 60.0 Å². The fourth-order valence-electron chi connectivity index (χ4n) is 2.62. The molecule has 0 amide bonds. The van der Waals surface area contributed by atoms with E-state index >= 15 is 0 Å². The van der Waals surface area contributed by atoms with E-state index in [1.54, 1.807) is 0 Å². The smallest absolute Gasteiger partial charge is 0.00638 e. The van der Waals surface area contributed by atoms with Crippen LogP contribution in [0.15, 0.2) is 0 Å². The fourth-order valence-corrected chi connectivity index (χ4v) is 2.62. The molecule has 1 N–H and O–H groups in total. The maximum absolute atomic E-state index is 3.48. The van der Waals surface area contributed by atoms with Gasteiger partial charge in [-0.1, -0.05) is 12.8 Å². The van der Waals surface area contributed by atoms with E-state index in [9.17, 15) is 0 Å². The van der Waals surface area contributed by atoms with E-state index in [-0.39, 0.29) is 0 Å². The van der Waals surface area contributed by atoms with Gasteiger partial charge in [-0.15, -0.1) is 0 Å². The summed E-state index contributed by atoms with van der Waals surface area (Å²) in [7, 11) is 2.21. The molecule has 16 heavy (non-hydrogen) atoms. The second-order valence-electron chi connectivity index (χ2n) is 5.73. The number of nitrogens with one attached hydrogen (secondary N) is 1. The number of piperidine rings is 2. The Kier molecular flexibility index (Phi) is 6.37. The summed E-state index contributed by atoms with van der Waals surface area (Å²) in [5.41, 5.74) is 0. The molecule has 2 heterocycles. The topological polar surface area (TPSA) is 15.3 Å². The van der Waals surface area contributed by atoms with Crippen LogP contribution in [0, 0.1) is 0 Å². The van der Waals surface area contributed by atoms with Crippen molar-refractivity contribution in [3.05, 3.63) is 0 Å². The number of hydrogen-bond acceptors (Lipinski definition) is 2. The highest BCUT2D eigenvalue weighted by Gasteiger charge is 2.12. The van der Waals surface area contributed by atoms with Crippen molar-refractivity contribution in [2.24, 2.45) is 0 Å². The van der Waals surface area contributed by atoms with Gasteiger partial charge in [0.15, 0.2) is 0 Å². The number of nitrogens with zero attached hydrogens (tertiary/aromatic N) is 1. The molecule has 0 radical (unpaired) electrons. The Balaban J connectivity index is 0.000000160. The molecule has 0 bridgehead atoms. The zero-order chi connectivity index (χ0) is 12.0. The lowest BCUT2D eigenvalue weighted by Crippen LogP contribution is -2.38. The molecule has 0 saturated carbocycles. The van der Waals surface area contributed by atoms with Crippen LogP contribution in [0.5, 0.6) is 0 Å². The lowest BCUT2D eigenvalue weighted by molar-refractivity contribution is 0.200. The minimum absolute atomic E-state index is 0.763. The Morgan fingerprint density at radius 1 is 0.875 bits per heavy atom. The van der Waals surface area contributed by atoms with Crippen molar-refractivity contribution in [1.29, 1.82) is 0 Å². The van der Waals surface area contributed by atoms with Gasteiger partial charge in [0.2, 0.25) is 0 Å². The van der Waals surface area contributed by atoms with E-state index in [0.717, 1.165) is 18.1 Å². The maximum Gasteiger partial charge on any atom is 0.00638 e. The molecular weight excluding hydrogens is 196 g/mol. The monoisotopic (exact) mass is 226 g/mol. The summed E-state index contributed by atoms with van der Waals surface area (Å²) in [6.07, 6.45) is 8.38. The van der Waals surface area contributed by atoms with Crippen molar-refractivity contribution in [3.63, 3.8) is 0 Å². The van der Waals surface area contributed by atoms with Gasteiger partial charge in [0.05, 0.1) is 0 Å². The molecule has 3 atom stereocenters. The molecule has 2 nitrogen and oxygen atoms in total. The van der Waals surface area contributed by atoms with Gasteiger partial charge in [0, 0.05) is 18.1 Å². The highest BCUT2D eigenvalue weighted by atomic mass is 15.1. The molecule has 0 aromatic rings. The second kappa shape index (κ2) is 7.29. The Bertz CT molecular complexity index is 164. The summed E-state index contributed by atoms with van der Waals surface area (Å²) in [5, 5.41) is 3.48. The van der Waals surface area contributed by atoms with Gasteiger partial charge in [0.25, 0.3) is 0 Å². The zero-order valence-corrected chi connectivity index (χ0v) is 11.6. The summed E-state index contributed by atoms with van der Waals surface area (Å²) in [6, 6.07) is 2.36. The molecular formula is C14H30N2. The van der Waals surface area contributed by atoms with Crippen molar-refractivity contribution >= 4 is 0 Å². The Hall–Kier alpha value is -0.0800. The molecule has 0 aromatic heterocycles. The van der Waals surface area contributed by atoms with Crippen LogP contribution in [-0.2, 0) is 0 Å². The average molecular weight is 226 g/mol. The first-order valence-electron chi connectivity index (χ1n) is 7.06. The molecule has 2 saturated heterocycles. The minimum Gasteiger partial charge on any atom is -0.312 e. The van der Waals surface area contributed by atoms with E-state index in [2.05, 4.69) is 38.0 Å². The summed E-state index contributed by atoms with van der Waals surface area (Å²) in [6.45, 7) is 8.13. The van der Waals surface area contributed by atoms with Gasteiger partial charge in [-0.2, -0.15) is 0 Å². The molecule has 2 aliphatic rings. The number of likely N-dealkylation sites (tertiary alicyclic amines) is 1. The second-order valence-corrected chi connectivity index (χ2v) is 5.73. The molecule has 0 aromatic carbocycles. The van der Waals surface area contributed by atoms with Crippen LogP contribution in [0.1, 0.15) is 59.3 Å². The molecule has 3 unspecified atom stereocenters. The van der Waals surface area contributed by atoms with Gasteiger partial charge >= 0.3 is 0 Å². The quantitative estimate of drug-likeness (QED) is 0.683. The van der Waals surface area contributed by atoms with Crippen LogP contribution < -0.4 is 5.32 Å². The number of hydrogen-bond donors (Lipinski definition) is 1. The van der Waals surface area contributed by atoms with E-state index in [1.165, 1.54) is 45.1 Å². The van der Waals surface area contributed by atoms with Crippen molar-refractivity contribution in [1.82, 2.24) is 10.2 Å². The molecule has 96 valence electrons. The van der Waals surface area contributed by atoms with Crippen molar-refractivity contribution < 1.29 is 0 Å². The molecule has 2 rings (SSSR count). The molecule has 0 spiro atoms. The Morgan fingerprint density at radius 3 is 1.81 bits per heavy atom.